The molecule has 0 aliphatic carbocycles. The van der Waals surface area contributed by atoms with Gasteiger partial charge in [-0.3, -0.25) is 0 Å². The van der Waals surface area contributed by atoms with Crippen LogP contribution in [-0.4, -0.2) is 24.0 Å². The number of anilines is 1. The molecule has 86 valence electrons. The van der Waals surface area contributed by atoms with Crippen molar-refractivity contribution in [2.45, 2.75) is 19.4 Å². The van der Waals surface area contributed by atoms with Crippen molar-refractivity contribution < 1.29 is 4.79 Å². The second kappa shape index (κ2) is 4.43. The molecule has 4 nitrogen and oxygen atoms in total. The largest absolute Gasteiger partial charge is 0.398 e. The van der Waals surface area contributed by atoms with Crippen LogP contribution in [0.5, 0.6) is 0 Å². The molecular weight excluding hydrogens is 202 g/mol. The molecule has 0 spiro atoms. The van der Waals surface area contributed by atoms with Crippen molar-refractivity contribution in [2.24, 2.45) is 0 Å². The number of urea groups is 1. The lowest BCUT2D eigenvalue weighted by molar-refractivity contribution is 0.166. The van der Waals surface area contributed by atoms with E-state index in [1.54, 1.807) is 0 Å². The first-order valence-electron chi connectivity index (χ1n) is 5.59. The maximum Gasteiger partial charge on any atom is 0.317 e. The van der Waals surface area contributed by atoms with E-state index in [0.29, 0.717) is 0 Å². The van der Waals surface area contributed by atoms with Crippen molar-refractivity contribution in [3.63, 3.8) is 0 Å². The number of hydrogen-bond donors (Lipinski definition) is 2. The number of nitrogens with two attached hydrogens (primary N) is 1. The molecule has 0 aromatic heterocycles. The number of benzene rings is 1. The molecule has 2 rings (SSSR count). The molecule has 16 heavy (non-hydrogen) atoms. The summed E-state index contributed by atoms with van der Waals surface area (Å²) in [5, 5.41) is 2.85. The highest BCUT2D eigenvalue weighted by Gasteiger charge is 2.24. The van der Waals surface area contributed by atoms with E-state index in [2.05, 4.69) is 5.32 Å². The molecule has 3 N–H and O–H groups in total. The quantitative estimate of drug-likeness (QED) is 0.744. The van der Waals surface area contributed by atoms with Gasteiger partial charge in [0.15, 0.2) is 0 Å². The van der Waals surface area contributed by atoms with E-state index < -0.39 is 0 Å². The number of nitrogen functional groups attached to an aromatic ring is 1. The van der Waals surface area contributed by atoms with Gasteiger partial charge in [-0.1, -0.05) is 18.2 Å². The number of hydrogen-bond acceptors (Lipinski definition) is 2. The van der Waals surface area contributed by atoms with Crippen molar-refractivity contribution in [3.05, 3.63) is 29.8 Å². The lowest BCUT2D eigenvalue weighted by Crippen LogP contribution is -2.47. The van der Waals surface area contributed by atoms with Crippen LogP contribution in [-0.2, 0) is 0 Å². The zero-order valence-electron chi connectivity index (χ0n) is 9.44. The van der Waals surface area contributed by atoms with E-state index in [4.69, 9.17) is 5.73 Å². The topological polar surface area (TPSA) is 58.4 Å². The van der Waals surface area contributed by atoms with Gasteiger partial charge >= 0.3 is 6.03 Å². The number of carbonyl (C=O) groups excluding carboxylic acids is 1. The Hall–Kier alpha value is -1.71. The monoisotopic (exact) mass is 219 g/mol. The Morgan fingerprint density at radius 3 is 2.88 bits per heavy atom. The van der Waals surface area contributed by atoms with Crippen molar-refractivity contribution in [1.29, 1.82) is 0 Å². The second-order valence-corrected chi connectivity index (χ2v) is 4.08. The first-order chi connectivity index (χ1) is 7.70. The summed E-state index contributed by atoms with van der Waals surface area (Å²) >= 11 is 0. The minimum atomic E-state index is 0.00185. The van der Waals surface area contributed by atoms with Crippen LogP contribution in [0.25, 0.3) is 0 Å². The first kappa shape index (κ1) is 10.8. The van der Waals surface area contributed by atoms with Crippen molar-refractivity contribution in [2.75, 3.05) is 18.8 Å². The van der Waals surface area contributed by atoms with Crippen LogP contribution in [0.4, 0.5) is 10.5 Å². The first-order valence-corrected chi connectivity index (χ1v) is 5.59. The Labute approximate surface area is 95.4 Å². The zero-order chi connectivity index (χ0) is 11.5. The van der Waals surface area contributed by atoms with Gasteiger partial charge < -0.3 is 16.0 Å². The van der Waals surface area contributed by atoms with Gasteiger partial charge in [0.25, 0.3) is 0 Å². The molecule has 0 radical (unpaired) electrons. The van der Waals surface area contributed by atoms with Gasteiger partial charge in [-0.25, -0.2) is 4.79 Å². The molecule has 4 heteroatoms. The summed E-state index contributed by atoms with van der Waals surface area (Å²) in [4.78, 5) is 13.5. The van der Waals surface area contributed by atoms with Crippen LogP contribution in [0.15, 0.2) is 24.3 Å². The molecule has 1 saturated heterocycles. The SMILES string of the molecule is CC(c1ccccc1N)N1CCCNC1=O. The molecular formula is C12H17N3O. The van der Waals surface area contributed by atoms with E-state index >= 15 is 0 Å². The van der Waals surface area contributed by atoms with E-state index in [0.717, 1.165) is 30.8 Å². The smallest absolute Gasteiger partial charge is 0.317 e. The van der Waals surface area contributed by atoms with Crippen LogP contribution in [0.1, 0.15) is 24.9 Å². The highest BCUT2D eigenvalue weighted by Crippen LogP contribution is 2.26. The Balaban J connectivity index is 2.21. The molecule has 2 amide bonds. The number of rotatable bonds is 2. The zero-order valence-corrected chi connectivity index (χ0v) is 9.44. The normalized spacial score (nSPS) is 18.1. The summed E-state index contributed by atoms with van der Waals surface area (Å²) < 4.78 is 0. The van der Waals surface area contributed by atoms with Crippen molar-refractivity contribution in [3.8, 4) is 0 Å². The van der Waals surface area contributed by atoms with E-state index in [1.165, 1.54) is 0 Å². The van der Waals surface area contributed by atoms with Crippen LogP contribution in [0.2, 0.25) is 0 Å². The predicted octanol–water partition coefficient (Wildman–Crippen LogP) is 1.75. The molecule has 1 fully saturated rings. The van der Waals surface area contributed by atoms with E-state index in [1.807, 2.05) is 36.1 Å². The Morgan fingerprint density at radius 1 is 1.44 bits per heavy atom. The third-order valence-electron chi connectivity index (χ3n) is 3.03. The van der Waals surface area contributed by atoms with Crippen LogP contribution < -0.4 is 11.1 Å². The fourth-order valence-corrected chi connectivity index (χ4v) is 2.08. The minimum absolute atomic E-state index is 0.00185. The average Bonchev–Trinajstić information content (AvgIpc) is 2.29. The minimum Gasteiger partial charge on any atom is -0.398 e. The number of nitrogens with zero attached hydrogens (tertiary/aromatic N) is 1. The number of para-hydroxylation sites is 1. The lowest BCUT2D eigenvalue weighted by Gasteiger charge is -2.33. The fraction of sp³-hybridized carbons (Fsp3) is 0.417. The van der Waals surface area contributed by atoms with Crippen LogP contribution in [0, 0.1) is 0 Å². The van der Waals surface area contributed by atoms with Gasteiger partial charge in [0, 0.05) is 18.8 Å². The number of nitrogens with one attached hydrogen (secondary N) is 1. The summed E-state index contributed by atoms with van der Waals surface area (Å²) in [5.41, 5.74) is 7.67. The lowest BCUT2D eigenvalue weighted by atomic mass is 10.0. The summed E-state index contributed by atoms with van der Waals surface area (Å²) in [6.07, 6.45) is 0.989. The summed E-state index contributed by atoms with van der Waals surface area (Å²) in [7, 11) is 0. The van der Waals surface area contributed by atoms with Gasteiger partial charge in [0.1, 0.15) is 0 Å². The third-order valence-corrected chi connectivity index (χ3v) is 3.03. The molecule has 0 bridgehead atoms. The van der Waals surface area contributed by atoms with Crippen LogP contribution >= 0.6 is 0 Å². The summed E-state index contributed by atoms with van der Waals surface area (Å²) in [6, 6.07) is 7.73. The fourth-order valence-electron chi connectivity index (χ4n) is 2.08. The molecule has 1 unspecified atom stereocenters. The molecule has 1 aromatic rings. The highest BCUT2D eigenvalue weighted by atomic mass is 16.2. The van der Waals surface area contributed by atoms with Gasteiger partial charge in [-0.15, -0.1) is 0 Å². The maximum absolute atomic E-state index is 11.7. The standard InChI is InChI=1S/C12H17N3O/c1-9(10-5-2-3-6-11(10)13)15-8-4-7-14-12(15)16/h2-3,5-6,9H,4,7-8,13H2,1H3,(H,14,16). The molecule has 1 aliphatic rings. The molecule has 1 atom stereocenters. The summed E-state index contributed by atoms with van der Waals surface area (Å²) in [5.74, 6) is 0. The Bertz CT molecular complexity index is 392. The van der Waals surface area contributed by atoms with Gasteiger partial charge in [0.2, 0.25) is 0 Å². The summed E-state index contributed by atoms with van der Waals surface area (Å²) in [6.45, 7) is 3.57. The molecule has 1 heterocycles. The number of amides is 2. The van der Waals surface area contributed by atoms with Crippen molar-refractivity contribution in [1.82, 2.24) is 10.2 Å². The maximum atomic E-state index is 11.7. The van der Waals surface area contributed by atoms with Crippen molar-refractivity contribution >= 4 is 11.7 Å². The van der Waals surface area contributed by atoms with Gasteiger partial charge in [-0.05, 0) is 25.0 Å². The molecule has 1 aliphatic heterocycles. The molecule has 0 saturated carbocycles. The van der Waals surface area contributed by atoms with E-state index in [-0.39, 0.29) is 12.1 Å². The Morgan fingerprint density at radius 2 is 2.19 bits per heavy atom. The van der Waals surface area contributed by atoms with Gasteiger partial charge in [-0.2, -0.15) is 0 Å². The predicted molar refractivity (Wildman–Crippen MR) is 64.0 cm³/mol. The molecule has 1 aromatic carbocycles. The average molecular weight is 219 g/mol. The third kappa shape index (κ3) is 1.96. The van der Waals surface area contributed by atoms with Gasteiger partial charge in [0.05, 0.1) is 6.04 Å². The number of carbonyl (C=O) groups is 1. The van der Waals surface area contributed by atoms with Crippen LogP contribution in [0.3, 0.4) is 0 Å². The van der Waals surface area contributed by atoms with E-state index in [9.17, 15) is 4.79 Å². The second-order valence-electron chi connectivity index (χ2n) is 4.08. The Kier molecular flexibility index (Phi) is 2.99. The highest BCUT2D eigenvalue weighted by molar-refractivity contribution is 5.75.